The third kappa shape index (κ3) is 5.04. The minimum absolute atomic E-state index is 0.000390. The van der Waals surface area contributed by atoms with Crippen molar-refractivity contribution >= 4 is 38.7 Å². The van der Waals surface area contributed by atoms with Crippen LogP contribution in [0.4, 0.5) is 11.4 Å². The van der Waals surface area contributed by atoms with E-state index in [1.807, 2.05) is 11.8 Å². The van der Waals surface area contributed by atoms with E-state index in [1.54, 1.807) is 36.4 Å². The van der Waals surface area contributed by atoms with Gasteiger partial charge in [0.2, 0.25) is 10.0 Å². The Labute approximate surface area is 180 Å². The average molecular weight is 451 g/mol. The van der Waals surface area contributed by atoms with Gasteiger partial charge in [-0.15, -0.1) is 0 Å². The number of rotatable bonds is 6. The molecule has 1 aliphatic rings. The first-order valence-corrected chi connectivity index (χ1v) is 11.2. The molecule has 0 radical (unpaired) electrons. The fourth-order valence-electron chi connectivity index (χ4n) is 3.02. The minimum Gasteiger partial charge on any atom is -0.494 e. The zero-order valence-electron chi connectivity index (χ0n) is 16.4. The molecule has 0 spiro atoms. The van der Waals surface area contributed by atoms with Gasteiger partial charge >= 0.3 is 0 Å². The van der Waals surface area contributed by atoms with Gasteiger partial charge in [0, 0.05) is 44.0 Å². The molecular weight excluding hydrogens is 428 g/mol. The first-order chi connectivity index (χ1) is 14.3. The molecule has 1 aliphatic heterocycles. The number of nitro benzene ring substituents is 1. The molecule has 0 aromatic heterocycles. The van der Waals surface area contributed by atoms with Crippen molar-refractivity contribution in [2.24, 2.45) is 0 Å². The molecule has 2 aromatic rings. The van der Waals surface area contributed by atoms with E-state index < -0.39 is 14.9 Å². The summed E-state index contributed by atoms with van der Waals surface area (Å²) in [5.74, 6) is 0.629. The number of non-ortho nitro benzene ring substituents is 1. The van der Waals surface area contributed by atoms with Crippen molar-refractivity contribution in [3.8, 4) is 5.75 Å². The predicted molar refractivity (Wildman–Crippen MR) is 117 cm³/mol. The molecule has 1 heterocycles. The van der Waals surface area contributed by atoms with Gasteiger partial charge in [-0.25, -0.2) is 8.42 Å². The summed E-state index contributed by atoms with van der Waals surface area (Å²) in [7, 11) is -3.59. The number of sulfonamides is 1. The maximum atomic E-state index is 12.9. The summed E-state index contributed by atoms with van der Waals surface area (Å²) in [4.78, 5) is 12.4. The number of hydrogen-bond donors (Lipinski definition) is 1. The number of nitro groups is 1. The number of nitrogens with one attached hydrogen (secondary N) is 1. The third-order valence-corrected chi connectivity index (χ3v) is 6.90. The lowest BCUT2D eigenvalue weighted by Crippen LogP contribution is -2.51. The summed E-state index contributed by atoms with van der Waals surface area (Å²) in [6.45, 7) is 3.87. The highest BCUT2D eigenvalue weighted by Gasteiger charge is 2.29. The Morgan fingerprint density at radius 1 is 1.10 bits per heavy atom. The predicted octanol–water partition coefficient (Wildman–Crippen LogP) is 2.70. The SMILES string of the molecule is CCOc1ccc(S(=O)(=O)N2CCN(C(=S)Nc3ccc([N+](=O)[O-])cc3)CC2)cc1. The lowest BCUT2D eigenvalue weighted by atomic mass is 10.3. The van der Waals surface area contributed by atoms with Gasteiger partial charge in [0.05, 0.1) is 16.4 Å². The number of benzene rings is 2. The van der Waals surface area contributed by atoms with Crippen LogP contribution in [-0.4, -0.2) is 60.4 Å². The Morgan fingerprint density at radius 3 is 2.23 bits per heavy atom. The van der Waals surface area contributed by atoms with Crippen LogP contribution in [0.2, 0.25) is 0 Å². The highest BCUT2D eigenvalue weighted by molar-refractivity contribution is 7.89. The number of piperazine rings is 1. The summed E-state index contributed by atoms with van der Waals surface area (Å²) in [6.07, 6.45) is 0. The Kier molecular flexibility index (Phi) is 6.85. The van der Waals surface area contributed by atoms with Gasteiger partial charge in [-0.2, -0.15) is 4.31 Å². The molecule has 0 unspecified atom stereocenters. The average Bonchev–Trinajstić information content (AvgIpc) is 2.75. The quantitative estimate of drug-likeness (QED) is 0.407. The second-order valence-electron chi connectivity index (χ2n) is 6.53. The van der Waals surface area contributed by atoms with Crippen molar-refractivity contribution in [1.82, 2.24) is 9.21 Å². The van der Waals surface area contributed by atoms with Crippen LogP contribution in [0, 0.1) is 10.1 Å². The Balaban J connectivity index is 1.58. The van der Waals surface area contributed by atoms with Gasteiger partial charge in [0.1, 0.15) is 5.75 Å². The van der Waals surface area contributed by atoms with Crippen molar-refractivity contribution in [2.75, 3.05) is 38.1 Å². The number of anilines is 1. The fourth-order valence-corrected chi connectivity index (χ4v) is 4.75. The standard InChI is InChI=1S/C19H22N4O5S2/c1-2-28-17-7-9-18(10-8-17)30(26,27)22-13-11-21(12-14-22)19(29)20-15-3-5-16(6-4-15)23(24)25/h3-10H,2,11-14H2,1H3,(H,20,29). The highest BCUT2D eigenvalue weighted by Crippen LogP contribution is 2.21. The lowest BCUT2D eigenvalue weighted by molar-refractivity contribution is -0.384. The molecule has 3 rings (SSSR count). The Morgan fingerprint density at radius 2 is 1.70 bits per heavy atom. The van der Waals surface area contributed by atoms with Crippen molar-refractivity contribution in [3.05, 3.63) is 58.6 Å². The fraction of sp³-hybridized carbons (Fsp3) is 0.316. The molecular formula is C19H22N4O5S2. The molecule has 0 amide bonds. The highest BCUT2D eigenvalue weighted by atomic mass is 32.2. The van der Waals surface area contributed by atoms with E-state index >= 15 is 0 Å². The van der Waals surface area contributed by atoms with E-state index in [0.717, 1.165) is 0 Å². The normalized spacial score (nSPS) is 14.9. The minimum atomic E-state index is -3.59. The van der Waals surface area contributed by atoms with Crippen LogP contribution in [0.1, 0.15) is 6.92 Å². The topological polar surface area (TPSA) is 105 Å². The molecule has 1 fully saturated rings. The molecule has 11 heteroatoms. The van der Waals surface area contributed by atoms with Crippen LogP contribution in [0.3, 0.4) is 0 Å². The molecule has 0 aliphatic carbocycles. The van der Waals surface area contributed by atoms with Crippen molar-refractivity contribution < 1.29 is 18.1 Å². The molecule has 0 saturated carbocycles. The van der Waals surface area contributed by atoms with Gasteiger partial charge in [0.25, 0.3) is 5.69 Å². The van der Waals surface area contributed by atoms with E-state index in [-0.39, 0.29) is 10.6 Å². The van der Waals surface area contributed by atoms with Crippen molar-refractivity contribution in [1.29, 1.82) is 0 Å². The Hall–Kier alpha value is -2.76. The molecule has 30 heavy (non-hydrogen) atoms. The smallest absolute Gasteiger partial charge is 0.269 e. The second kappa shape index (κ2) is 9.37. The molecule has 2 aromatic carbocycles. The first kappa shape index (κ1) is 21.9. The lowest BCUT2D eigenvalue weighted by Gasteiger charge is -2.35. The van der Waals surface area contributed by atoms with Crippen molar-refractivity contribution in [2.45, 2.75) is 11.8 Å². The summed E-state index contributed by atoms with van der Waals surface area (Å²) in [5, 5.41) is 14.2. The van der Waals surface area contributed by atoms with Crippen LogP contribution < -0.4 is 10.1 Å². The van der Waals surface area contributed by atoms with E-state index in [1.165, 1.54) is 16.4 Å². The van der Waals surface area contributed by atoms with E-state index in [0.29, 0.717) is 49.3 Å². The van der Waals surface area contributed by atoms with Crippen LogP contribution in [0.25, 0.3) is 0 Å². The summed E-state index contributed by atoms with van der Waals surface area (Å²) in [6, 6.07) is 12.3. The zero-order valence-corrected chi connectivity index (χ0v) is 18.0. The van der Waals surface area contributed by atoms with Crippen molar-refractivity contribution in [3.63, 3.8) is 0 Å². The van der Waals surface area contributed by atoms with Crippen LogP contribution >= 0.6 is 12.2 Å². The molecule has 0 atom stereocenters. The monoisotopic (exact) mass is 450 g/mol. The number of nitrogens with zero attached hydrogens (tertiary/aromatic N) is 3. The molecule has 160 valence electrons. The van der Waals surface area contributed by atoms with Gasteiger partial charge in [-0.3, -0.25) is 10.1 Å². The van der Waals surface area contributed by atoms with Gasteiger partial charge in [-0.05, 0) is 55.5 Å². The molecule has 1 saturated heterocycles. The van der Waals surface area contributed by atoms with E-state index in [9.17, 15) is 18.5 Å². The van der Waals surface area contributed by atoms with Gasteiger partial charge < -0.3 is 15.0 Å². The van der Waals surface area contributed by atoms with E-state index in [2.05, 4.69) is 5.32 Å². The van der Waals surface area contributed by atoms with Crippen LogP contribution in [-0.2, 0) is 10.0 Å². The molecule has 1 N–H and O–H groups in total. The summed E-state index contributed by atoms with van der Waals surface area (Å²) < 4.78 is 32.5. The number of hydrogen-bond acceptors (Lipinski definition) is 6. The van der Waals surface area contributed by atoms with Gasteiger partial charge in [0.15, 0.2) is 5.11 Å². The summed E-state index contributed by atoms with van der Waals surface area (Å²) in [5.41, 5.74) is 0.634. The second-order valence-corrected chi connectivity index (χ2v) is 8.85. The molecule has 0 bridgehead atoms. The Bertz CT molecular complexity index is 1000. The summed E-state index contributed by atoms with van der Waals surface area (Å²) >= 11 is 5.40. The van der Waals surface area contributed by atoms with Crippen LogP contribution in [0.5, 0.6) is 5.75 Å². The van der Waals surface area contributed by atoms with E-state index in [4.69, 9.17) is 17.0 Å². The number of thiocarbonyl (C=S) groups is 1. The maximum Gasteiger partial charge on any atom is 0.269 e. The van der Waals surface area contributed by atoms with Gasteiger partial charge in [-0.1, -0.05) is 0 Å². The first-order valence-electron chi connectivity index (χ1n) is 9.34. The number of ether oxygens (including phenoxy) is 1. The van der Waals surface area contributed by atoms with Crippen LogP contribution in [0.15, 0.2) is 53.4 Å². The maximum absolute atomic E-state index is 12.9. The largest absolute Gasteiger partial charge is 0.494 e. The molecule has 9 nitrogen and oxygen atoms in total. The third-order valence-electron chi connectivity index (χ3n) is 4.63. The zero-order chi connectivity index (χ0) is 21.7.